The van der Waals surface area contributed by atoms with Crippen LogP contribution in [-0.4, -0.2) is 5.78 Å². The van der Waals surface area contributed by atoms with Gasteiger partial charge in [0.25, 0.3) is 0 Å². The van der Waals surface area contributed by atoms with E-state index < -0.39 is 0 Å². The van der Waals surface area contributed by atoms with E-state index in [0.29, 0.717) is 11.1 Å². The highest BCUT2D eigenvalue weighted by atomic mass is 127. The molecule has 2 nitrogen and oxygen atoms in total. The highest BCUT2D eigenvalue weighted by molar-refractivity contribution is 14.1. The molecule has 0 saturated heterocycles. The third-order valence-electron chi connectivity index (χ3n) is 2.24. The minimum absolute atomic E-state index is 0.0283. The lowest BCUT2D eigenvalue weighted by Crippen LogP contribution is -2.00. The summed E-state index contributed by atoms with van der Waals surface area (Å²) in [6.07, 6.45) is 0. The van der Waals surface area contributed by atoms with Crippen LogP contribution in [0, 0.1) is 0 Å². The van der Waals surface area contributed by atoms with Gasteiger partial charge in [-0.05, 0) is 24.3 Å². The highest BCUT2D eigenvalue weighted by Gasteiger charge is 2.07. The van der Waals surface area contributed by atoms with Gasteiger partial charge in [-0.15, -0.1) is 0 Å². The summed E-state index contributed by atoms with van der Waals surface area (Å²) in [5, 5.41) is 0. The van der Waals surface area contributed by atoms with Crippen LogP contribution in [0.4, 0.5) is 0 Å². The summed E-state index contributed by atoms with van der Waals surface area (Å²) in [6, 6.07) is 16.3. The number of carbonyl (C=O) groups excluding carboxylic acids is 1. The van der Waals surface area contributed by atoms with E-state index in [9.17, 15) is 4.79 Å². The summed E-state index contributed by atoms with van der Waals surface area (Å²) in [4.78, 5) is 12.0. The molecule has 80 valence electrons. The van der Waals surface area contributed by atoms with Crippen molar-refractivity contribution in [3.05, 3.63) is 65.7 Å². The number of hydrogen-bond acceptors (Lipinski definition) is 2. The average Bonchev–Trinajstić information content (AvgIpc) is 2.39. The van der Waals surface area contributed by atoms with Crippen LogP contribution < -0.4 is 3.07 Å². The first-order chi connectivity index (χ1) is 7.81. The molecule has 0 aromatic heterocycles. The van der Waals surface area contributed by atoms with Crippen molar-refractivity contribution in [3.8, 4) is 5.75 Å². The quantitative estimate of drug-likeness (QED) is 0.636. The standard InChI is InChI=1S/C13H9IO2/c14-16-12-8-6-11(7-9-12)13(15)10-4-2-1-3-5-10/h1-9H. The van der Waals surface area contributed by atoms with Crippen LogP contribution in [0.3, 0.4) is 0 Å². The molecule has 0 unspecified atom stereocenters. The third kappa shape index (κ3) is 2.41. The Morgan fingerprint density at radius 2 is 1.44 bits per heavy atom. The topological polar surface area (TPSA) is 26.3 Å². The second kappa shape index (κ2) is 5.12. The van der Waals surface area contributed by atoms with Crippen molar-refractivity contribution in [2.75, 3.05) is 0 Å². The molecule has 0 amide bonds. The zero-order chi connectivity index (χ0) is 11.4. The maximum atomic E-state index is 12.0. The molecular formula is C13H9IO2. The normalized spacial score (nSPS) is 9.81. The van der Waals surface area contributed by atoms with E-state index in [1.54, 1.807) is 24.3 Å². The van der Waals surface area contributed by atoms with E-state index in [-0.39, 0.29) is 5.78 Å². The minimum Gasteiger partial charge on any atom is -0.428 e. The van der Waals surface area contributed by atoms with E-state index in [4.69, 9.17) is 3.07 Å². The molecule has 0 spiro atoms. The van der Waals surface area contributed by atoms with Crippen molar-refractivity contribution in [1.29, 1.82) is 0 Å². The molecule has 0 bridgehead atoms. The van der Waals surface area contributed by atoms with Gasteiger partial charge in [0.15, 0.2) is 28.8 Å². The Labute approximate surface area is 108 Å². The predicted octanol–water partition coefficient (Wildman–Crippen LogP) is 3.65. The van der Waals surface area contributed by atoms with E-state index in [1.165, 1.54) is 0 Å². The first-order valence-electron chi connectivity index (χ1n) is 4.79. The van der Waals surface area contributed by atoms with Crippen molar-refractivity contribution in [1.82, 2.24) is 0 Å². The molecule has 2 aromatic carbocycles. The van der Waals surface area contributed by atoms with Gasteiger partial charge in [0.1, 0.15) is 5.75 Å². The van der Waals surface area contributed by atoms with Crippen LogP contribution >= 0.6 is 23.0 Å². The molecule has 16 heavy (non-hydrogen) atoms. The zero-order valence-corrected chi connectivity index (χ0v) is 10.5. The van der Waals surface area contributed by atoms with Gasteiger partial charge in [-0.2, -0.15) is 0 Å². The molecule has 0 radical (unpaired) electrons. The Hall–Kier alpha value is -1.36. The monoisotopic (exact) mass is 324 g/mol. The second-order valence-electron chi connectivity index (χ2n) is 3.30. The van der Waals surface area contributed by atoms with Crippen LogP contribution in [0.2, 0.25) is 0 Å². The van der Waals surface area contributed by atoms with Crippen molar-refractivity contribution in [2.45, 2.75) is 0 Å². The highest BCUT2D eigenvalue weighted by Crippen LogP contribution is 2.16. The molecule has 0 atom stereocenters. The van der Waals surface area contributed by atoms with E-state index in [0.717, 1.165) is 5.75 Å². The van der Waals surface area contributed by atoms with Gasteiger partial charge in [-0.3, -0.25) is 4.79 Å². The van der Waals surface area contributed by atoms with Crippen molar-refractivity contribution in [3.63, 3.8) is 0 Å². The zero-order valence-electron chi connectivity index (χ0n) is 8.39. The summed E-state index contributed by atoms with van der Waals surface area (Å²) >= 11 is 1.81. The van der Waals surface area contributed by atoms with Gasteiger partial charge in [0.05, 0.1) is 0 Å². The minimum atomic E-state index is 0.0283. The Bertz CT molecular complexity index is 477. The molecule has 3 heteroatoms. The van der Waals surface area contributed by atoms with E-state index in [1.807, 2.05) is 53.3 Å². The summed E-state index contributed by atoms with van der Waals surface area (Å²) in [7, 11) is 0. The molecular weight excluding hydrogens is 315 g/mol. The lowest BCUT2D eigenvalue weighted by atomic mass is 10.0. The number of benzene rings is 2. The molecule has 0 saturated carbocycles. The molecule has 0 N–H and O–H groups in total. The van der Waals surface area contributed by atoms with Gasteiger partial charge in [-0.25, -0.2) is 0 Å². The number of rotatable bonds is 3. The fraction of sp³-hybridized carbons (Fsp3) is 0. The Morgan fingerprint density at radius 1 is 0.875 bits per heavy atom. The van der Waals surface area contributed by atoms with E-state index in [2.05, 4.69) is 0 Å². The third-order valence-corrected chi connectivity index (χ3v) is 2.75. The lowest BCUT2D eigenvalue weighted by molar-refractivity contribution is 0.103. The van der Waals surface area contributed by atoms with Crippen molar-refractivity contribution < 1.29 is 7.86 Å². The Morgan fingerprint density at radius 3 is 2.00 bits per heavy atom. The van der Waals surface area contributed by atoms with Gasteiger partial charge in [0.2, 0.25) is 0 Å². The number of ketones is 1. The molecule has 0 aliphatic carbocycles. The molecule has 0 aliphatic rings. The molecule has 2 aromatic rings. The molecule has 0 fully saturated rings. The first-order valence-corrected chi connectivity index (χ1v) is 5.68. The van der Waals surface area contributed by atoms with Crippen LogP contribution in [0.5, 0.6) is 5.75 Å². The van der Waals surface area contributed by atoms with Crippen LogP contribution in [0.1, 0.15) is 15.9 Å². The van der Waals surface area contributed by atoms with Crippen molar-refractivity contribution in [2.24, 2.45) is 0 Å². The van der Waals surface area contributed by atoms with Gasteiger partial charge in [-0.1, -0.05) is 30.3 Å². The van der Waals surface area contributed by atoms with Crippen LogP contribution in [-0.2, 0) is 0 Å². The van der Waals surface area contributed by atoms with Crippen LogP contribution in [0.15, 0.2) is 54.6 Å². The van der Waals surface area contributed by atoms with Crippen molar-refractivity contribution >= 4 is 28.8 Å². The maximum Gasteiger partial charge on any atom is 0.193 e. The van der Waals surface area contributed by atoms with E-state index >= 15 is 0 Å². The Balaban J connectivity index is 2.28. The fourth-order valence-corrected chi connectivity index (χ4v) is 1.71. The maximum absolute atomic E-state index is 12.0. The number of hydrogen-bond donors (Lipinski definition) is 0. The first kappa shape index (κ1) is 11.1. The van der Waals surface area contributed by atoms with Gasteiger partial charge < -0.3 is 3.07 Å². The van der Waals surface area contributed by atoms with Crippen LogP contribution in [0.25, 0.3) is 0 Å². The summed E-state index contributed by atoms with van der Waals surface area (Å²) in [5.41, 5.74) is 1.37. The number of carbonyl (C=O) groups is 1. The fourth-order valence-electron chi connectivity index (χ4n) is 1.41. The lowest BCUT2D eigenvalue weighted by Gasteiger charge is -2.01. The summed E-state index contributed by atoms with van der Waals surface area (Å²) in [6.45, 7) is 0. The molecule has 2 rings (SSSR count). The Kier molecular flexibility index (Phi) is 3.56. The smallest absolute Gasteiger partial charge is 0.193 e. The van der Waals surface area contributed by atoms with Gasteiger partial charge >= 0.3 is 0 Å². The molecule has 0 heterocycles. The van der Waals surface area contributed by atoms with Gasteiger partial charge in [0, 0.05) is 11.1 Å². The summed E-state index contributed by atoms with van der Waals surface area (Å²) in [5.74, 6) is 0.769. The largest absolute Gasteiger partial charge is 0.428 e. The predicted molar refractivity (Wildman–Crippen MR) is 71.0 cm³/mol. The molecule has 0 aliphatic heterocycles. The number of halogens is 1. The average molecular weight is 324 g/mol. The summed E-state index contributed by atoms with van der Waals surface area (Å²) < 4.78 is 5.01. The SMILES string of the molecule is O=C(c1ccccc1)c1ccc(OI)cc1. The second-order valence-corrected chi connectivity index (χ2v) is 3.74.